The van der Waals surface area contributed by atoms with Gasteiger partial charge in [-0.2, -0.15) is 0 Å². The van der Waals surface area contributed by atoms with Gasteiger partial charge in [-0.15, -0.1) is 0 Å². The van der Waals surface area contributed by atoms with Gasteiger partial charge in [-0.3, -0.25) is 9.59 Å². The van der Waals surface area contributed by atoms with E-state index < -0.39 is 0 Å². The lowest BCUT2D eigenvalue weighted by Gasteiger charge is -2.33. The Kier molecular flexibility index (Phi) is 9.01. The van der Waals surface area contributed by atoms with E-state index >= 15 is 0 Å². The Balaban J connectivity index is 1.94. The van der Waals surface area contributed by atoms with Crippen LogP contribution in [0.15, 0.2) is 12.1 Å². The van der Waals surface area contributed by atoms with Crippen LogP contribution in [0.2, 0.25) is 5.02 Å². The highest BCUT2D eigenvalue weighted by Gasteiger charge is 2.30. The van der Waals surface area contributed by atoms with Crippen molar-refractivity contribution in [2.75, 3.05) is 54.0 Å². The fraction of sp³-hybridized carbons (Fsp3) is 0.652. The number of rotatable bonds is 9. The zero-order valence-corrected chi connectivity index (χ0v) is 20.3. The summed E-state index contributed by atoms with van der Waals surface area (Å²) in [6.07, 6.45) is 1.29. The number of carbonyl (C=O) groups is 2. The fourth-order valence-electron chi connectivity index (χ4n) is 4.04. The number of ether oxygens (including phenoxy) is 2. The molecular formula is C23H36ClN3O4. The van der Waals surface area contributed by atoms with Gasteiger partial charge in [0.1, 0.15) is 0 Å². The van der Waals surface area contributed by atoms with E-state index in [1.807, 2.05) is 21.0 Å². The third kappa shape index (κ3) is 7.01. The van der Waals surface area contributed by atoms with Gasteiger partial charge in [0.15, 0.2) is 11.5 Å². The molecule has 1 aliphatic rings. The van der Waals surface area contributed by atoms with E-state index in [0.29, 0.717) is 61.2 Å². The average Bonchev–Trinajstić information content (AvgIpc) is 2.72. The largest absolute Gasteiger partial charge is 0.493 e. The Labute approximate surface area is 191 Å². The number of nitrogens with one attached hydrogen (secondary N) is 1. The van der Waals surface area contributed by atoms with E-state index in [-0.39, 0.29) is 23.1 Å². The van der Waals surface area contributed by atoms with Crippen LogP contribution in [-0.2, 0) is 4.79 Å². The molecule has 31 heavy (non-hydrogen) atoms. The first-order valence-corrected chi connectivity index (χ1v) is 11.2. The molecule has 0 radical (unpaired) electrons. The van der Waals surface area contributed by atoms with Gasteiger partial charge < -0.3 is 24.6 Å². The number of hydrogen-bond acceptors (Lipinski definition) is 5. The van der Waals surface area contributed by atoms with Gasteiger partial charge in [0.2, 0.25) is 5.91 Å². The molecule has 1 aromatic carbocycles. The Hall–Kier alpha value is -1.99. The second-order valence-electron chi connectivity index (χ2n) is 9.11. The van der Waals surface area contributed by atoms with Crippen molar-refractivity contribution in [1.82, 2.24) is 15.1 Å². The lowest BCUT2D eigenvalue weighted by Crippen LogP contribution is -2.46. The summed E-state index contributed by atoms with van der Waals surface area (Å²) in [5, 5.41) is 3.44. The summed E-state index contributed by atoms with van der Waals surface area (Å²) < 4.78 is 10.9. The molecule has 1 aliphatic heterocycles. The minimum atomic E-state index is -0.116. The van der Waals surface area contributed by atoms with Crippen molar-refractivity contribution >= 4 is 23.4 Å². The van der Waals surface area contributed by atoms with Gasteiger partial charge in [0.05, 0.1) is 18.7 Å². The first-order chi connectivity index (χ1) is 14.6. The highest BCUT2D eigenvalue weighted by atomic mass is 35.5. The molecule has 8 heteroatoms. The van der Waals surface area contributed by atoms with Crippen molar-refractivity contribution < 1.29 is 19.1 Å². The summed E-state index contributed by atoms with van der Waals surface area (Å²) in [6.45, 7) is 9.19. The molecule has 0 spiro atoms. The summed E-state index contributed by atoms with van der Waals surface area (Å²) >= 11 is 6.31. The molecule has 7 nitrogen and oxygen atoms in total. The van der Waals surface area contributed by atoms with E-state index in [1.54, 1.807) is 17.0 Å². The summed E-state index contributed by atoms with van der Waals surface area (Å²) in [5.41, 5.74) is 0.459. The zero-order chi connectivity index (χ0) is 23.2. The Morgan fingerprint density at radius 1 is 1.26 bits per heavy atom. The molecule has 1 aromatic rings. The van der Waals surface area contributed by atoms with Crippen LogP contribution in [-0.4, -0.2) is 75.6 Å². The number of benzene rings is 1. The smallest absolute Gasteiger partial charge is 0.254 e. The predicted octanol–water partition coefficient (Wildman–Crippen LogP) is 3.30. The number of methoxy groups -OCH3 is 1. The maximum absolute atomic E-state index is 13.0. The summed E-state index contributed by atoms with van der Waals surface area (Å²) in [6, 6.07) is 3.27. The van der Waals surface area contributed by atoms with Crippen molar-refractivity contribution in [3.05, 3.63) is 22.7 Å². The van der Waals surface area contributed by atoms with Crippen LogP contribution in [0.3, 0.4) is 0 Å². The summed E-state index contributed by atoms with van der Waals surface area (Å²) in [7, 11) is 5.58. The molecule has 0 aromatic heterocycles. The maximum Gasteiger partial charge on any atom is 0.254 e. The standard InChI is InChI=1S/C23H36ClN3O4/c1-7-31-20-18(24)12-17(13-19(20)30-6)22(29)27-10-8-16(9-11-27)21(28)25-14-23(2,3)15-26(4)5/h12-13,16H,7-11,14-15H2,1-6H3,(H,25,28). The summed E-state index contributed by atoms with van der Waals surface area (Å²) in [4.78, 5) is 29.5. The monoisotopic (exact) mass is 453 g/mol. The molecular weight excluding hydrogens is 418 g/mol. The van der Waals surface area contributed by atoms with Crippen LogP contribution in [0.4, 0.5) is 0 Å². The van der Waals surface area contributed by atoms with Gasteiger partial charge in [-0.25, -0.2) is 0 Å². The van der Waals surface area contributed by atoms with Crippen LogP contribution >= 0.6 is 11.6 Å². The second-order valence-corrected chi connectivity index (χ2v) is 9.52. The molecule has 0 saturated carbocycles. The second kappa shape index (κ2) is 11.0. The van der Waals surface area contributed by atoms with Crippen LogP contribution in [0.5, 0.6) is 11.5 Å². The van der Waals surface area contributed by atoms with E-state index in [2.05, 4.69) is 24.1 Å². The first kappa shape index (κ1) is 25.3. The lowest BCUT2D eigenvalue weighted by molar-refractivity contribution is -0.126. The minimum Gasteiger partial charge on any atom is -0.493 e. The molecule has 1 heterocycles. The van der Waals surface area contributed by atoms with Crippen LogP contribution in [0.1, 0.15) is 44.0 Å². The van der Waals surface area contributed by atoms with Gasteiger partial charge in [0.25, 0.3) is 5.91 Å². The van der Waals surface area contributed by atoms with E-state index in [1.165, 1.54) is 7.11 Å². The SMILES string of the molecule is CCOc1c(Cl)cc(C(=O)N2CCC(C(=O)NCC(C)(C)CN(C)C)CC2)cc1OC. The van der Waals surface area contributed by atoms with Crippen molar-refractivity contribution in [2.24, 2.45) is 11.3 Å². The molecule has 0 unspecified atom stereocenters. The quantitative estimate of drug-likeness (QED) is 0.621. The highest BCUT2D eigenvalue weighted by molar-refractivity contribution is 6.32. The molecule has 1 fully saturated rings. The van der Waals surface area contributed by atoms with Crippen molar-refractivity contribution in [1.29, 1.82) is 0 Å². The van der Waals surface area contributed by atoms with Gasteiger partial charge in [-0.1, -0.05) is 25.4 Å². The molecule has 1 saturated heterocycles. The van der Waals surface area contributed by atoms with E-state index in [9.17, 15) is 9.59 Å². The number of carbonyl (C=O) groups excluding carboxylic acids is 2. The van der Waals surface area contributed by atoms with Crippen LogP contribution < -0.4 is 14.8 Å². The maximum atomic E-state index is 13.0. The Bertz CT molecular complexity index is 774. The molecule has 0 aliphatic carbocycles. The van der Waals surface area contributed by atoms with Gasteiger partial charge >= 0.3 is 0 Å². The zero-order valence-electron chi connectivity index (χ0n) is 19.6. The topological polar surface area (TPSA) is 71.1 Å². The number of halogens is 1. The third-order valence-electron chi connectivity index (χ3n) is 5.40. The summed E-state index contributed by atoms with van der Waals surface area (Å²) in [5.74, 6) is 0.764. The Morgan fingerprint density at radius 3 is 2.45 bits per heavy atom. The highest BCUT2D eigenvalue weighted by Crippen LogP contribution is 2.37. The number of hydrogen-bond donors (Lipinski definition) is 1. The average molecular weight is 454 g/mol. The molecule has 1 N–H and O–H groups in total. The minimum absolute atomic E-state index is 0.00179. The molecule has 174 valence electrons. The number of nitrogens with zero attached hydrogens (tertiary/aromatic N) is 2. The number of amides is 2. The first-order valence-electron chi connectivity index (χ1n) is 10.8. The Morgan fingerprint density at radius 2 is 1.90 bits per heavy atom. The van der Waals surface area contributed by atoms with E-state index in [0.717, 1.165) is 6.54 Å². The van der Waals surface area contributed by atoms with E-state index in [4.69, 9.17) is 21.1 Å². The molecule has 2 rings (SSSR count). The fourth-order valence-corrected chi connectivity index (χ4v) is 4.30. The van der Waals surface area contributed by atoms with Crippen molar-refractivity contribution in [2.45, 2.75) is 33.6 Å². The number of likely N-dealkylation sites (tertiary alicyclic amines) is 1. The predicted molar refractivity (Wildman–Crippen MR) is 123 cm³/mol. The molecule has 0 bridgehead atoms. The third-order valence-corrected chi connectivity index (χ3v) is 5.68. The lowest BCUT2D eigenvalue weighted by atomic mass is 9.91. The number of piperidine rings is 1. The van der Waals surface area contributed by atoms with Gasteiger partial charge in [-0.05, 0) is 51.4 Å². The van der Waals surface area contributed by atoms with Crippen LogP contribution in [0.25, 0.3) is 0 Å². The normalized spacial score (nSPS) is 15.2. The van der Waals surface area contributed by atoms with Gasteiger partial charge in [0, 0.05) is 37.7 Å². The molecule has 0 atom stereocenters. The van der Waals surface area contributed by atoms with Crippen molar-refractivity contribution in [3.8, 4) is 11.5 Å². The van der Waals surface area contributed by atoms with Crippen molar-refractivity contribution in [3.63, 3.8) is 0 Å². The molecule has 2 amide bonds. The van der Waals surface area contributed by atoms with Crippen LogP contribution in [0, 0.1) is 11.3 Å².